The number of aromatic nitrogens is 2. The Balaban J connectivity index is 2.05. The standard InChI is InChI=1S/C15H17BrN4O2/c1-10-9-11(3-4-12(10)16)19-14(21)13-5-6-17-15(20-13)18-7-8-22-2/h3-6,9H,7-8H2,1-2H3,(H,19,21)(H,17,18,20). The summed E-state index contributed by atoms with van der Waals surface area (Å²) in [4.78, 5) is 20.5. The van der Waals surface area contributed by atoms with Gasteiger partial charge >= 0.3 is 0 Å². The van der Waals surface area contributed by atoms with Gasteiger partial charge in [0.25, 0.3) is 5.91 Å². The number of anilines is 2. The van der Waals surface area contributed by atoms with Gasteiger partial charge in [0.05, 0.1) is 6.61 Å². The third-order valence-electron chi connectivity index (χ3n) is 2.89. The van der Waals surface area contributed by atoms with Gasteiger partial charge in [-0.3, -0.25) is 4.79 Å². The Morgan fingerprint density at radius 1 is 1.36 bits per heavy atom. The predicted molar refractivity (Wildman–Crippen MR) is 89.2 cm³/mol. The summed E-state index contributed by atoms with van der Waals surface area (Å²) < 4.78 is 5.94. The molecule has 1 heterocycles. The van der Waals surface area contributed by atoms with Crippen molar-refractivity contribution in [3.63, 3.8) is 0 Å². The molecule has 0 bridgehead atoms. The summed E-state index contributed by atoms with van der Waals surface area (Å²) in [5, 5.41) is 5.81. The number of nitrogens with one attached hydrogen (secondary N) is 2. The van der Waals surface area contributed by atoms with Crippen LogP contribution in [-0.4, -0.2) is 36.1 Å². The highest BCUT2D eigenvalue weighted by Crippen LogP contribution is 2.20. The zero-order chi connectivity index (χ0) is 15.9. The number of amides is 1. The largest absolute Gasteiger partial charge is 0.383 e. The zero-order valence-corrected chi connectivity index (χ0v) is 14.0. The van der Waals surface area contributed by atoms with Crippen molar-refractivity contribution in [3.05, 3.63) is 46.2 Å². The van der Waals surface area contributed by atoms with E-state index in [0.717, 1.165) is 15.7 Å². The molecule has 1 aromatic carbocycles. The van der Waals surface area contributed by atoms with Gasteiger partial charge in [0.2, 0.25) is 5.95 Å². The lowest BCUT2D eigenvalue weighted by Gasteiger charge is -2.08. The second-order valence-electron chi connectivity index (χ2n) is 4.60. The normalized spacial score (nSPS) is 10.3. The van der Waals surface area contributed by atoms with E-state index in [4.69, 9.17) is 4.74 Å². The summed E-state index contributed by atoms with van der Waals surface area (Å²) in [6.45, 7) is 3.08. The van der Waals surface area contributed by atoms with Crippen LogP contribution in [0, 0.1) is 6.92 Å². The molecule has 0 radical (unpaired) electrons. The van der Waals surface area contributed by atoms with Crippen molar-refractivity contribution in [2.75, 3.05) is 30.9 Å². The highest BCUT2D eigenvalue weighted by atomic mass is 79.9. The Labute approximate surface area is 137 Å². The fourth-order valence-electron chi connectivity index (χ4n) is 1.75. The van der Waals surface area contributed by atoms with Gasteiger partial charge in [0.1, 0.15) is 5.69 Å². The second kappa shape index (κ2) is 7.86. The van der Waals surface area contributed by atoms with E-state index < -0.39 is 0 Å². The van der Waals surface area contributed by atoms with Gasteiger partial charge in [-0.05, 0) is 36.8 Å². The fourth-order valence-corrected chi connectivity index (χ4v) is 2.00. The van der Waals surface area contributed by atoms with Gasteiger partial charge in [-0.2, -0.15) is 0 Å². The maximum atomic E-state index is 12.2. The molecule has 1 amide bonds. The number of ether oxygens (including phenoxy) is 1. The second-order valence-corrected chi connectivity index (χ2v) is 5.46. The first kappa shape index (κ1) is 16.4. The van der Waals surface area contributed by atoms with Crippen molar-refractivity contribution >= 4 is 33.5 Å². The van der Waals surface area contributed by atoms with Gasteiger partial charge in [-0.1, -0.05) is 15.9 Å². The molecule has 0 spiro atoms. The van der Waals surface area contributed by atoms with Gasteiger partial charge in [-0.15, -0.1) is 0 Å². The van der Waals surface area contributed by atoms with Crippen molar-refractivity contribution in [1.82, 2.24) is 9.97 Å². The first-order valence-corrected chi connectivity index (χ1v) is 7.53. The number of rotatable bonds is 6. The third kappa shape index (κ3) is 4.51. The van der Waals surface area contributed by atoms with E-state index in [-0.39, 0.29) is 5.91 Å². The van der Waals surface area contributed by atoms with E-state index in [9.17, 15) is 4.79 Å². The van der Waals surface area contributed by atoms with Crippen molar-refractivity contribution in [2.24, 2.45) is 0 Å². The number of carbonyl (C=O) groups is 1. The topological polar surface area (TPSA) is 76.1 Å². The van der Waals surface area contributed by atoms with Crippen molar-refractivity contribution in [1.29, 1.82) is 0 Å². The van der Waals surface area contributed by atoms with Crippen LogP contribution in [0.1, 0.15) is 16.1 Å². The van der Waals surface area contributed by atoms with Crippen LogP contribution in [-0.2, 0) is 4.74 Å². The van der Waals surface area contributed by atoms with Gasteiger partial charge < -0.3 is 15.4 Å². The lowest BCUT2D eigenvalue weighted by molar-refractivity contribution is 0.102. The molecule has 2 rings (SSSR count). The molecule has 0 aliphatic heterocycles. The van der Waals surface area contributed by atoms with E-state index in [0.29, 0.717) is 24.8 Å². The summed E-state index contributed by atoms with van der Waals surface area (Å²) in [5.41, 5.74) is 2.07. The average molecular weight is 365 g/mol. The predicted octanol–water partition coefficient (Wildman–Crippen LogP) is 2.86. The van der Waals surface area contributed by atoms with Crippen molar-refractivity contribution in [2.45, 2.75) is 6.92 Å². The molecule has 0 aliphatic carbocycles. The van der Waals surface area contributed by atoms with E-state index in [1.54, 1.807) is 19.4 Å². The Bertz CT molecular complexity index is 664. The molecule has 0 atom stereocenters. The van der Waals surface area contributed by atoms with Gasteiger partial charge in [0.15, 0.2) is 0 Å². The number of hydrogen-bond donors (Lipinski definition) is 2. The molecule has 22 heavy (non-hydrogen) atoms. The summed E-state index contributed by atoms with van der Waals surface area (Å²) >= 11 is 3.43. The first-order valence-electron chi connectivity index (χ1n) is 6.73. The Morgan fingerprint density at radius 3 is 2.91 bits per heavy atom. The molecule has 0 fully saturated rings. The number of benzene rings is 1. The van der Waals surface area contributed by atoms with Crippen LogP contribution in [0.25, 0.3) is 0 Å². The summed E-state index contributed by atoms with van der Waals surface area (Å²) in [6, 6.07) is 7.18. The lowest BCUT2D eigenvalue weighted by atomic mass is 10.2. The van der Waals surface area contributed by atoms with Crippen LogP contribution in [0.15, 0.2) is 34.9 Å². The van der Waals surface area contributed by atoms with Crippen LogP contribution in [0.2, 0.25) is 0 Å². The monoisotopic (exact) mass is 364 g/mol. The smallest absolute Gasteiger partial charge is 0.274 e. The van der Waals surface area contributed by atoms with Crippen LogP contribution in [0.5, 0.6) is 0 Å². The molecule has 0 saturated heterocycles. The minimum Gasteiger partial charge on any atom is -0.383 e. The third-order valence-corrected chi connectivity index (χ3v) is 3.78. The summed E-state index contributed by atoms with van der Waals surface area (Å²) in [7, 11) is 1.62. The zero-order valence-electron chi connectivity index (χ0n) is 12.4. The Hall–Kier alpha value is -1.99. The maximum Gasteiger partial charge on any atom is 0.274 e. The molecular weight excluding hydrogens is 348 g/mol. The number of hydrogen-bond acceptors (Lipinski definition) is 5. The summed E-state index contributed by atoms with van der Waals surface area (Å²) in [6.07, 6.45) is 1.55. The van der Waals surface area contributed by atoms with Gasteiger partial charge in [-0.25, -0.2) is 9.97 Å². The molecule has 0 saturated carbocycles. The highest BCUT2D eigenvalue weighted by Gasteiger charge is 2.09. The van der Waals surface area contributed by atoms with E-state index >= 15 is 0 Å². The first-order chi connectivity index (χ1) is 10.6. The average Bonchev–Trinajstić information content (AvgIpc) is 2.51. The number of halogens is 1. The van der Waals surface area contributed by atoms with Crippen molar-refractivity contribution in [3.8, 4) is 0 Å². The number of methoxy groups -OCH3 is 1. The molecular formula is C15H17BrN4O2. The minimum absolute atomic E-state index is 0.279. The maximum absolute atomic E-state index is 12.2. The Morgan fingerprint density at radius 2 is 2.18 bits per heavy atom. The molecule has 2 N–H and O–H groups in total. The molecule has 1 aromatic heterocycles. The number of carbonyl (C=O) groups excluding carboxylic acids is 1. The molecule has 0 aliphatic rings. The van der Waals surface area contributed by atoms with Crippen LogP contribution < -0.4 is 10.6 Å². The lowest BCUT2D eigenvalue weighted by Crippen LogP contribution is -2.16. The minimum atomic E-state index is -0.279. The molecule has 116 valence electrons. The molecule has 7 heteroatoms. The number of nitrogens with zero attached hydrogens (tertiary/aromatic N) is 2. The molecule has 0 unspecified atom stereocenters. The van der Waals surface area contributed by atoms with Crippen molar-refractivity contribution < 1.29 is 9.53 Å². The van der Waals surface area contributed by atoms with E-state index in [1.807, 2.05) is 25.1 Å². The SMILES string of the molecule is COCCNc1nccc(C(=O)Nc2ccc(Br)c(C)c2)n1. The van der Waals surface area contributed by atoms with Crippen LogP contribution in [0.3, 0.4) is 0 Å². The van der Waals surface area contributed by atoms with E-state index in [1.165, 1.54) is 0 Å². The number of aryl methyl sites for hydroxylation is 1. The fraction of sp³-hybridized carbons (Fsp3) is 0.267. The van der Waals surface area contributed by atoms with E-state index in [2.05, 4.69) is 36.5 Å². The van der Waals surface area contributed by atoms with Crippen LogP contribution in [0.4, 0.5) is 11.6 Å². The van der Waals surface area contributed by atoms with Gasteiger partial charge in [0, 0.05) is 30.0 Å². The Kier molecular flexibility index (Phi) is 5.85. The molecule has 6 nitrogen and oxygen atoms in total. The quantitative estimate of drug-likeness (QED) is 0.770. The molecule has 2 aromatic rings. The highest BCUT2D eigenvalue weighted by molar-refractivity contribution is 9.10. The van der Waals surface area contributed by atoms with Crippen LogP contribution >= 0.6 is 15.9 Å². The summed E-state index contributed by atoms with van der Waals surface area (Å²) in [5.74, 6) is 0.121.